The lowest BCUT2D eigenvalue weighted by molar-refractivity contribution is 0.660. The minimum absolute atomic E-state index is 0.150. The lowest BCUT2D eigenvalue weighted by Crippen LogP contribution is -2.28. The van der Waals surface area contributed by atoms with Crippen LogP contribution in [0.3, 0.4) is 0 Å². The molecular formula is C124H90N2. The van der Waals surface area contributed by atoms with Crippen LogP contribution in [0.25, 0.3) is 134 Å². The number of anilines is 6. The van der Waals surface area contributed by atoms with Gasteiger partial charge in [0.2, 0.25) is 0 Å². The summed E-state index contributed by atoms with van der Waals surface area (Å²) in [6.07, 6.45) is 0. The van der Waals surface area contributed by atoms with Gasteiger partial charge in [-0.1, -0.05) is 438 Å². The zero-order chi connectivity index (χ0) is 84.3. The van der Waals surface area contributed by atoms with Gasteiger partial charge in [0.05, 0.1) is 16.8 Å². The van der Waals surface area contributed by atoms with E-state index in [1.807, 2.05) is 0 Å². The molecule has 0 aromatic heterocycles. The fourth-order valence-electron chi connectivity index (χ4n) is 19.5. The Kier molecular flexibility index (Phi) is 20.7. The zero-order valence-electron chi connectivity index (χ0n) is 70.4. The molecule has 0 N–H and O–H groups in total. The Balaban J connectivity index is 0.000000156. The molecule has 0 aliphatic heterocycles. The van der Waals surface area contributed by atoms with E-state index in [-0.39, 0.29) is 5.41 Å². The van der Waals surface area contributed by atoms with Crippen LogP contribution in [0.1, 0.15) is 47.2 Å². The third kappa shape index (κ3) is 14.5. The number of hydrogen-bond acceptors (Lipinski definition) is 2. The highest BCUT2D eigenvalue weighted by molar-refractivity contribution is 6.04. The maximum absolute atomic E-state index is 2.52. The smallest absolute Gasteiger partial charge is 0.0714 e. The molecule has 0 radical (unpaired) electrons. The molecule has 0 fully saturated rings. The summed E-state index contributed by atoms with van der Waals surface area (Å²) in [7, 11) is 0. The van der Waals surface area contributed by atoms with E-state index in [1.165, 1.54) is 134 Å². The van der Waals surface area contributed by atoms with E-state index in [9.17, 15) is 0 Å². The molecule has 0 heterocycles. The maximum Gasteiger partial charge on any atom is 0.0714 e. The molecule has 2 heteroatoms. The summed E-state index contributed by atoms with van der Waals surface area (Å²) < 4.78 is 0. The van der Waals surface area contributed by atoms with Gasteiger partial charge in [0.1, 0.15) is 0 Å². The molecule has 2 aliphatic rings. The van der Waals surface area contributed by atoms with E-state index in [0.29, 0.717) is 0 Å². The number of hydrogen-bond donors (Lipinski definition) is 0. The van der Waals surface area contributed by atoms with Gasteiger partial charge in [-0.25, -0.2) is 0 Å². The number of fused-ring (bicyclic) bond motifs is 6. The van der Waals surface area contributed by atoms with Gasteiger partial charge in [-0.2, -0.15) is 0 Å². The van der Waals surface area contributed by atoms with Crippen LogP contribution in [-0.4, -0.2) is 0 Å². The lowest BCUT2D eigenvalue weighted by Gasteiger charge is -2.35. The molecule has 0 unspecified atom stereocenters. The van der Waals surface area contributed by atoms with Crippen LogP contribution >= 0.6 is 0 Å². The number of rotatable bonds is 18. The zero-order valence-corrected chi connectivity index (χ0v) is 70.4. The highest BCUT2D eigenvalue weighted by atomic mass is 15.2. The van der Waals surface area contributed by atoms with Crippen molar-refractivity contribution in [2.45, 2.75) is 24.7 Å². The van der Waals surface area contributed by atoms with Gasteiger partial charge in [-0.3, -0.25) is 0 Å². The van der Waals surface area contributed by atoms with Crippen LogP contribution < -0.4 is 9.80 Å². The topological polar surface area (TPSA) is 6.48 Å². The van der Waals surface area contributed by atoms with Crippen LogP contribution in [-0.2, 0) is 10.8 Å². The molecule has 2 nitrogen and oxygen atoms in total. The van der Waals surface area contributed by atoms with Crippen molar-refractivity contribution in [1.82, 2.24) is 0 Å². The first-order valence-electron chi connectivity index (χ1n) is 43.7. The summed E-state index contributed by atoms with van der Waals surface area (Å²) in [5.41, 5.74) is 42.3. The first kappa shape index (κ1) is 77.3. The molecule has 0 amide bonds. The maximum atomic E-state index is 2.52. The predicted molar refractivity (Wildman–Crippen MR) is 531 cm³/mol. The SMILES string of the molecule is CC1(C)c2ccccc2-c2ccc(N(c3ccc(-c4cccc(-c5ccccc5)c4)cc3)c3c(-c4ccccc4)cc(-c4ccccc4)cc3-c3ccccc3)cc21.c1ccc(-c2cccc(-c3ccc(N(c4ccc5c(c4)C(c4ccccc4)(c4ccccc4)c4ccccc4-5)c4c(-c5ccccc5)cc(-c5ccccc5)cc4-c4ccccc4)cc3)c2)cc1. The van der Waals surface area contributed by atoms with Crippen molar-refractivity contribution in [2.24, 2.45) is 0 Å². The first-order valence-corrected chi connectivity index (χ1v) is 43.7. The molecule has 20 aromatic carbocycles. The van der Waals surface area contributed by atoms with Crippen molar-refractivity contribution < 1.29 is 0 Å². The van der Waals surface area contributed by atoms with Crippen molar-refractivity contribution >= 4 is 34.1 Å². The monoisotopic (exact) mass is 1610 g/mol. The van der Waals surface area contributed by atoms with Gasteiger partial charge >= 0.3 is 0 Å². The summed E-state index contributed by atoms with van der Waals surface area (Å²) in [6.45, 7) is 4.73. The van der Waals surface area contributed by atoms with Crippen molar-refractivity contribution in [3.05, 3.63) is 543 Å². The quantitative estimate of drug-likeness (QED) is 0.0845. The fraction of sp³-hybridized carbons (Fsp3) is 0.0323. The molecular weight excluding hydrogens is 1520 g/mol. The van der Waals surface area contributed by atoms with E-state index in [0.717, 1.165) is 67.5 Å². The van der Waals surface area contributed by atoms with Gasteiger partial charge in [0.15, 0.2) is 0 Å². The van der Waals surface area contributed by atoms with Crippen LogP contribution in [0.4, 0.5) is 34.1 Å². The summed E-state index contributed by atoms with van der Waals surface area (Å²) in [5.74, 6) is 0. The molecule has 0 atom stereocenters. The molecule has 0 saturated carbocycles. The summed E-state index contributed by atoms with van der Waals surface area (Å²) >= 11 is 0. The molecule has 596 valence electrons. The molecule has 0 spiro atoms. The molecule has 20 aromatic rings. The Morgan fingerprint density at radius 2 is 0.381 bits per heavy atom. The Morgan fingerprint density at radius 3 is 0.722 bits per heavy atom. The second-order valence-electron chi connectivity index (χ2n) is 33.4. The number of nitrogens with zero attached hydrogens (tertiary/aromatic N) is 2. The first-order chi connectivity index (χ1) is 62.3. The van der Waals surface area contributed by atoms with Crippen molar-refractivity contribution in [3.8, 4) is 134 Å². The minimum atomic E-state index is -0.564. The largest absolute Gasteiger partial charge is 0.309 e. The summed E-state index contributed by atoms with van der Waals surface area (Å²) in [4.78, 5) is 5.02. The van der Waals surface area contributed by atoms with Gasteiger partial charge in [0.25, 0.3) is 0 Å². The molecule has 0 saturated heterocycles. The third-order valence-electron chi connectivity index (χ3n) is 25.6. The van der Waals surface area contributed by atoms with Gasteiger partial charge in [-0.15, -0.1) is 0 Å². The summed E-state index contributed by atoms with van der Waals surface area (Å²) in [6, 6.07) is 186. The van der Waals surface area contributed by atoms with Crippen molar-refractivity contribution in [3.63, 3.8) is 0 Å². The van der Waals surface area contributed by atoms with Crippen LogP contribution in [0.15, 0.2) is 510 Å². The highest BCUT2D eigenvalue weighted by Gasteiger charge is 2.47. The second kappa shape index (κ2) is 33.8. The second-order valence-corrected chi connectivity index (χ2v) is 33.4. The molecule has 126 heavy (non-hydrogen) atoms. The molecule has 0 bridgehead atoms. The normalized spacial score (nSPS) is 12.3. The van der Waals surface area contributed by atoms with Gasteiger partial charge in [0, 0.05) is 50.4 Å². The molecule has 2 aliphatic carbocycles. The highest BCUT2D eigenvalue weighted by Crippen LogP contribution is 2.60. The Bertz CT molecular complexity index is 7100. The minimum Gasteiger partial charge on any atom is -0.309 e. The van der Waals surface area contributed by atoms with E-state index >= 15 is 0 Å². The Morgan fingerprint density at radius 1 is 0.143 bits per heavy atom. The standard InChI is InChI=1S/C67H47N.C57H43N/c1-7-22-48(23-8-1)53-30-21-31-54(44-53)50-38-40-58(41-39-50)68(66-62(51-26-11-3-12-27-51)45-55(49-24-9-2-10-25-49)46-63(66)52-28-13-4-14-29-52)59-42-43-61-60-36-19-20-37-64(60)67(65(61)47-59,56-32-15-5-16-33-56)57-34-17-6-18-35-57;1-57(2)54-29-16-15-28-50(54)51-35-34-49(39-55(51)57)58(48-32-30-42(31-33-48)46-27-17-26-45(36-46)40-18-7-3-8-19-40)56-52(43-22-11-5-12-23-43)37-47(41-20-9-4-10-21-41)38-53(56)44-24-13-6-14-25-44/h1-47H;3-39H,1-2H3. The molecule has 22 rings (SSSR count). The van der Waals surface area contributed by atoms with E-state index in [2.05, 4.69) is 533 Å². The van der Waals surface area contributed by atoms with Crippen molar-refractivity contribution in [1.29, 1.82) is 0 Å². The number of benzene rings is 20. The Labute approximate surface area is 739 Å². The summed E-state index contributed by atoms with van der Waals surface area (Å²) in [5, 5.41) is 0. The predicted octanol–water partition coefficient (Wildman–Crippen LogP) is 33.7. The van der Waals surface area contributed by atoms with Gasteiger partial charge < -0.3 is 9.80 Å². The van der Waals surface area contributed by atoms with E-state index in [4.69, 9.17) is 0 Å². The average Bonchev–Trinajstić information content (AvgIpc) is 1.52. The Hall–Kier alpha value is -16.0. The average molecular weight is 1610 g/mol. The van der Waals surface area contributed by atoms with E-state index in [1.54, 1.807) is 0 Å². The van der Waals surface area contributed by atoms with Crippen molar-refractivity contribution in [2.75, 3.05) is 9.80 Å². The van der Waals surface area contributed by atoms with E-state index < -0.39 is 5.41 Å². The van der Waals surface area contributed by atoms with Crippen LogP contribution in [0.2, 0.25) is 0 Å². The fourth-order valence-corrected chi connectivity index (χ4v) is 19.5. The third-order valence-corrected chi connectivity index (χ3v) is 25.6. The van der Waals surface area contributed by atoms with Gasteiger partial charge in [-0.05, 0) is 230 Å². The van der Waals surface area contributed by atoms with Crippen LogP contribution in [0.5, 0.6) is 0 Å². The van der Waals surface area contributed by atoms with Crippen LogP contribution in [0, 0.1) is 0 Å². The lowest BCUT2D eigenvalue weighted by atomic mass is 9.67.